The zero-order valence-corrected chi connectivity index (χ0v) is 13.4. The monoisotopic (exact) mass is 339 g/mol. The molecule has 0 aromatic heterocycles. The number of aliphatic carboxylic acids is 1. The summed E-state index contributed by atoms with van der Waals surface area (Å²) in [5.41, 5.74) is 1.93. The molecule has 25 heavy (non-hydrogen) atoms. The smallest absolute Gasteiger partial charge is 0.326 e. The fourth-order valence-corrected chi connectivity index (χ4v) is 3.30. The van der Waals surface area contributed by atoms with Crippen LogP contribution >= 0.6 is 0 Å². The van der Waals surface area contributed by atoms with Gasteiger partial charge in [0.25, 0.3) is 5.91 Å². The molecule has 0 saturated carbocycles. The van der Waals surface area contributed by atoms with Gasteiger partial charge in [-0.1, -0.05) is 36.4 Å². The lowest BCUT2D eigenvalue weighted by Crippen LogP contribution is -2.54. The van der Waals surface area contributed by atoms with Gasteiger partial charge < -0.3 is 19.5 Å². The maximum Gasteiger partial charge on any atom is 0.326 e. The Bertz CT molecular complexity index is 834. The first-order valence-corrected chi connectivity index (χ1v) is 8.12. The number of para-hydroxylation sites is 2. The molecule has 1 amide bonds. The molecular weight excluding hydrogens is 322 g/mol. The Hall–Kier alpha value is -3.02. The minimum absolute atomic E-state index is 0.0698. The third-order valence-electron chi connectivity index (χ3n) is 4.60. The number of carbonyl (C=O) groups is 2. The number of ether oxygens (including phenoxy) is 2. The maximum atomic E-state index is 12.9. The number of hydrogen-bond acceptors (Lipinski definition) is 4. The standard InChI is InChI=1S/C19H17NO5/c21-18(17-11-24-15-7-3-4-8-16(15)25-17)20-10-13-6-2-1-5-12(13)9-14(20)19(22)23/h1-8,14,17H,9-11H2,(H,22,23). The van der Waals surface area contributed by atoms with Gasteiger partial charge in [-0.3, -0.25) is 4.79 Å². The number of benzene rings is 2. The SMILES string of the molecule is O=C(O)C1Cc2ccccc2CN1C(=O)C1COc2ccccc2O1. The van der Waals surface area contributed by atoms with E-state index in [9.17, 15) is 14.7 Å². The zero-order chi connectivity index (χ0) is 17.4. The molecule has 2 heterocycles. The lowest BCUT2D eigenvalue weighted by molar-refractivity contribution is -0.156. The van der Waals surface area contributed by atoms with Crippen molar-refractivity contribution in [2.24, 2.45) is 0 Å². The number of amides is 1. The molecule has 128 valence electrons. The fraction of sp³-hybridized carbons (Fsp3) is 0.263. The molecule has 1 N–H and O–H groups in total. The molecular formula is C19H17NO5. The Morgan fingerprint density at radius 3 is 2.44 bits per heavy atom. The summed E-state index contributed by atoms with van der Waals surface area (Å²) in [5.74, 6) is -0.293. The van der Waals surface area contributed by atoms with Crippen molar-refractivity contribution in [3.05, 3.63) is 59.7 Å². The third kappa shape index (κ3) is 2.80. The van der Waals surface area contributed by atoms with Crippen LogP contribution in [0.4, 0.5) is 0 Å². The van der Waals surface area contributed by atoms with E-state index in [1.807, 2.05) is 30.3 Å². The first-order valence-electron chi connectivity index (χ1n) is 8.12. The molecule has 2 aromatic rings. The van der Waals surface area contributed by atoms with Crippen LogP contribution in [-0.2, 0) is 22.6 Å². The number of nitrogens with zero attached hydrogens (tertiary/aromatic N) is 1. The minimum atomic E-state index is -1.01. The van der Waals surface area contributed by atoms with E-state index in [4.69, 9.17) is 9.47 Å². The van der Waals surface area contributed by atoms with Gasteiger partial charge in [0.2, 0.25) is 6.10 Å². The Labute approximate surface area is 144 Å². The van der Waals surface area contributed by atoms with E-state index < -0.39 is 18.1 Å². The van der Waals surface area contributed by atoms with Gasteiger partial charge in [0.05, 0.1) is 0 Å². The lowest BCUT2D eigenvalue weighted by Gasteiger charge is -2.37. The molecule has 0 aliphatic carbocycles. The average molecular weight is 339 g/mol. The maximum absolute atomic E-state index is 12.9. The summed E-state index contributed by atoms with van der Waals surface area (Å²) in [6.07, 6.45) is -0.552. The van der Waals surface area contributed by atoms with E-state index in [2.05, 4.69) is 0 Å². The van der Waals surface area contributed by atoms with Gasteiger partial charge in [0.15, 0.2) is 11.5 Å². The van der Waals surface area contributed by atoms with Crippen molar-refractivity contribution < 1.29 is 24.2 Å². The first-order chi connectivity index (χ1) is 12.1. The van der Waals surface area contributed by atoms with E-state index in [1.165, 1.54) is 4.90 Å². The fourth-order valence-electron chi connectivity index (χ4n) is 3.30. The summed E-state index contributed by atoms with van der Waals surface area (Å²) in [5, 5.41) is 9.57. The second-order valence-corrected chi connectivity index (χ2v) is 6.16. The van der Waals surface area contributed by atoms with Crippen LogP contribution in [0.15, 0.2) is 48.5 Å². The number of rotatable bonds is 2. The summed E-state index contributed by atoms with van der Waals surface area (Å²) in [7, 11) is 0. The highest BCUT2D eigenvalue weighted by atomic mass is 16.6. The summed E-state index contributed by atoms with van der Waals surface area (Å²) in [4.78, 5) is 26.0. The lowest BCUT2D eigenvalue weighted by atomic mass is 9.93. The normalized spacial score (nSPS) is 21.4. The van der Waals surface area contributed by atoms with Crippen LogP contribution in [0.25, 0.3) is 0 Å². The molecule has 2 aliphatic heterocycles. The van der Waals surface area contributed by atoms with E-state index in [-0.39, 0.29) is 19.1 Å². The second kappa shape index (κ2) is 6.12. The molecule has 4 rings (SSSR count). The molecule has 6 heteroatoms. The highest BCUT2D eigenvalue weighted by Gasteiger charge is 2.39. The topological polar surface area (TPSA) is 76.1 Å². The predicted octanol–water partition coefficient (Wildman–Crippen LogP) is 1.86. The summed E-state index contributed by atoms with van der Waals surface area (Å²) < 4.78 is 11.3. The van der Waals surface area contributed by atoms with Crippen molar-refractivity contribution in [2.75, 3.05) is 6.61 Å². The van der Waals surface area contributed by atoms with Gasteiger partial charge >= 0.3 is 5.97 Å². The first kappa shape index (κ1) is 15.5. The highest BCUT2D eigenvalue weighted by molar-refractivity contribution is 5.87. The van der Waals surface area contributed by atoms with Gasteiger partial charge in [-0.15, -0.1) is 0 Å². The Morgan fingerprint density at radius 2 is 1.68 bits per heavy atom. The van der Waals surface area contributed by atoms with E-state index in [0.29, 0.717) is 17.9 Å². The molecule has 2 atom stereocenters. The van der Waals surface area contributed by atoms with Crippen molar-refractivity contribution in [2.45, 2.75) is 25.1 Å². The average Bonchev–Trinajstić information content (AvgIpc) is 2.66. The Morgan fingerprint density at radius 1 is 1.00 bits per heavy atom. The van der Waals surface area contributed by atoms with Gasteiger partial charge in [-0.2, -0.15) is 0 Å². The van der Waals surface area contributed by atoms with Crippen molar-refractivity contribution in [1.82, 2.24) is 4.90 Å². The highest BCUT2D eigenvalue weighted by Crippen LogP contribution is 2.32. The molecule has 0 bridgehead atoms. The molecule has 0 fully saturated rings. The summed E-state index contributed by atoms with van der Waals surface area (Å²) in [6.45, 7) is 0.327. The Balaban J connectivity index is 1.59. The molecule has 2 aromatic carbocycles. The summed E-state index contributed by atoms with van der Waals surface area (Å²) >= 11 is 0. The van der Waals surface area contributed by atoms with Gasteiger partial charge in [0.1, 0.15) is 12.6 Å². The van der Waals surface area contributed by atoms with Crippen LogP contribution in [0.3, 0.4) is 0 Å². The van der Waals surface area contributed by atoms with E-state index >= 15 is 0 Å². The largest absolute Gasteiger partial charge is 0.485 e. The molecule has 6 nitrogen and oxygen atoms in total. The van der Waals surface area contributed by atoms with Crippen LogP contribution in [-0.4, -0.2) is 40.6 Å². The van der Waals surface area contributed by atoms with Crippen LogP contribution in [0.5, 0.6) is 11.5 Å². The second-order valence-electron chi connectivity index (χ2n) is 6.16. The predicted molar refractivity (Wildman–Crippen MR) is 88.5 cm³/mol. The number of carboxylic acid groups (broad SMARTS) is 1. The van der Waals surface area contributed by atoms with Crippen molar-refractivity contribution in [3.63, 3.8) is 0 Å². The van der Waals surface area contributed by atoms with Crippen LogP contribution in [0.1, 0.15) is 11.1 Å². The molecule has 2 unspecified atom stereocenters. The van der Waals surface area contributed by atoms with Crippen molar-refractivity contribution in [3.8, 4) is 11.5 Å². The van der Waals surface area contributed by atoms with E-state index in [0.717, 1.165) is 11.1 Å². The Kier molecular flexibility index (Phi) is 3.80. The minimum Gasteiger partial charge on any atom is -0.485 e. The third-order valence-corrected chi connectivity index (χ3v) is 4.60. The number of carboxylic acids is 1. The van der Waals surface area contributed by atoms with Crippen LogP contribution < -0.4 is 9.47 Å². The quantitative estimate of drug-likeness (QED) is 0.904. The van der Waals surface area contributed by atoms with Crippen LogP contribution in [0.2, 0.25) is 0 Å². The van der Waals surface area contributed by atoms with Crippen molar-refractivity contribution >= 4 is 11.9 Å². The molecule has 0 spiro atoms. The summed E-state index contributed by atoms with van der Waals surface area (Å²) in [6, 6.07) is 13.8. The van der Waals surface area contributed by atoms with Gasteiger partial charge in [-0.25, -0.2) is 4.79 Å². The molecule has 0 radical (unpaired) electrons. The van der Waals surface area contributed by atoms with Gasteiger partial charge in [-0.05, 0) is 23.3 Å². The molecule has 0 saturated heterocycles. The van der Waals surface area contributed by atoms with Crippen molar-refractivity contribution in [1.29, 1.82) is 0 Å². The molecule has 2 aliphatic rings. The zero-order valence-electron chi connectivity index (χ0n) is 13.4. The number of fused-ring (bicyclic) bond motifs is 2. The van der Waals surface area contributed by atoms with E-state index in [1.54, 1.807) is 18.2 Å². The number of hydrogen-bond donors (Lipinski definition) is 1. The van der Waals surface area contributed by atoms with Gasteiger partial charge in [0, 0.05) is 13.0 Å². The van der Waals surface area contributed by atoms with Crippen LogP contribution in [0, 0.1) is 0 Å². The number of carbonyl (C=O) groups excluding carboxylic acids is 1.